The topological polar surface area (TPSA) is 50.9 Å². The first-order valence-corrected chi connectivity index (χ1v) is 6.70. The molecule has 4 nitrogen and oxygen atoms in total. The van der Waals surface area contributed by atoms with Crippen molar-refractivity contribution in [3.8, 4) is 0 Å². The fourth-order valence-electron chi connectivity index (χ4n) is 2.24. The minimum Gasteiger partial charge on any atom is -0.383 e. The normalized spacial score (nSPS) is 18.0. The number of ether oxygens (including phenoxy) is 1. The standard InChI is InChI=1S/C13H27N3O/c1-11(2)10-16(8-9-17-3)13(14)15-12-6-4-5-7-12/h11-12H,4-10H2,1-3H3,(H2,14,15). The average Bonchev–Trinajstić information content (AvgIpc) is 2.76. The number of hydrogen-bond acceptors (Lipinski definition) is 2. The molecule has 1 aliphatic rings. The fraction of sp³-hybridized carbons (Fsp3) is 0.923. The molecule has 17 heavy (non-hydrogen) atoms. The van der Waals surface area contributed by atoms with Crippen LogP contribution in [0.3, 0.4) is 0 Å². The van der Waals surface area contributed by atoms with Crippen molar-refractivity contribution in [3.05, 3.63) is 0 Å². The second-order valence-corrected chi connectivity index (χ2v) is 5.26. The summed E-state index contributed by atoms with van der Waals surface area (Å²) in [5.74, 6) is 1.28. The Hall–Kier alpha value is -0.770. The van der Waals surface area contributed by atoms with Crippen molar-refractivity contribution in [2.24, 2.45) is 16.6 Å². The highest BCUT2D eigenvalue weighted by molar-refractivity contribution is 5.78. The van der Waals surface area contributed by atoms with Gasteiger partial charge in [0.05, 0.1) is 12.6 Å². The Balaban J connectivity index is 2.53. The second-order valence-electron chi connectivity index (χ2n) is 5.26. The molecule has 0 atom stereocenters. The van der Waals surface area contributed by atoms with E-state index in [0.29, 0.717) is 24.5 Å². The number of methoxy groups -OCH3 is 1. The lowest BCUT2D eigenvalue weighted by atomic mass is 10.2. The van der Waals surface area contributed by atoms with Gasteiger partial charge in [-0.1, -0.05) is 26.7 Å². The van der Waals surface area contributed by atoms with Gasteiger partial charge in [-0.15, -0.1) is 0 Å². The maximum absolute atomic E-state index is 6.11. The molecule has 0 aromatic rings. The molecule has 100 valence electrons. The summed E-state index contributed by atoms with van der Waals surface area (Å²) in [6, 6.07) is 0.451. The summed E-state index contributed by atoms with van der Waals surface area (Å²) in [5.41, 5.74) is 6.11. The van der Waals surface area contributed by atoms with Crippen molar-refractivity contribution < 1.29 is 4.74 Å². The van der Waals surface area contributed by atoms with Crippen molar-refractivity contribution in [1.82, 2.24) is 4.90 Å². The van der Waals surface area contributed by atoms with E-state index in [0.717, 1.165) is 13.1 Å². The summed E-state index contributed by atoms with van der Waals surface area (Å²) >= 11 is 0. The quantitative estimate of drug-likeness (QED) is 0.570. The van der Waals surface area contributed by atoms with E-state index in [2.05, 4.69) is 23.7 Å². The molecule has 0 unspecified atom stereocenters. The highest BCUT2D eigenvalue weighted by Crippen LogP contribution is 2.21. The summed E-state index contributed by atoms with van der Waals surface area (Å²) in [7, 11) is 1.72. The molecule has 0 aromatic heterocycles. The zero-order valence-corrected chi connectivity index (χ0v) is 11.5. The Kier molecular flexibility index (Phi) is 6.34. The monoisotopic (exact) mass is 241 g/mol. The van der Waals surface area contributed by atoms with Gasteiger partial charge in [-0.3, -0.25) is 0 Å². The molecule has 0 spiro atoms. The summed E-state index contributed by atoms with van der Waals surface area (Å²) < 4.78 is 5.12. The van der Waals surface area contributed by atoms with Crippen LogP contribution in [0.15, 0.2) is 4.99 Å². The van der Waals surface area contributed by atoms with Crippen LogP contribution >= 0.6 is 0 Å². The van der Waals surface area contributed by atoms with Gasteiger partial charge in [-0.05, 0) is 18.8 Å². The number of nitrogens with zero attached hydrogens (tertiary/aromatic N) is 2. The number of hydrogen-bond donors (Lipinski definition) is 1. The van der Waals surface area contributed by atoms with E-state index in [4.69, 9.17) is 10.5 Å². The lowest BCUT2D eigenvalue weighted by molar-refractivity contribution is 0.171. The van der Waals surface area contributed by atoms with Crippen LogP contribution in [0.2, 0.25) is 0 Å². The van der Waals surface area contributed by atoms with E-state index in [9.17, 15) is 0 Å². The number of rotatable bonds is 6. The van der Waals surface area contributed by atoms with Gasteiger partial charge in [0.15, 0.2) is 5.96 Å². The third-order valence-electron chi connectivity index (χ3n) is 3.11. The molecule has 0 heterocycles. The van der Waals surface area contributed by atoms with Crippen LogP contribution in [0.5, 0.6) is 0 Å². The summed E-state index contributed by atoms with van der Waals surface area (Å²) in [6.45, 7) is 6.88. The molecule has 1 aliphatic carbocycles. The maximum Gasteiger partial charge on any atom is 0.191 e. The van der Waals surface area contributed by atoms with E-state index in [-0.39, 0.29) is 0 Å². The van der Waals surface area contributed by atoms with E-state index in [1.807, 2.05) is 0 Å². The van der Waals surface area contributed by atoms with Crippen molar-refractivity contribution in [1.29, 1.82) is 0 Å². The molecule has 1 rings (SSSR count). The largest absolute Gasteiger partial charge is 0.383 e. The molecule has 1 saturated carbocycles. The lowest BCUT2D eigenvalue weighted by Crippen LogP contribution is -2.42. The lowest BCUT2D eigenvalue weighted by Gasteiger charge is -2.26. The summed E-state index contributed by atoms with van der Waals surface area (Å²) in [6.07, 6.45) is 4.98. The predicted octanol–water partition coefficient (Wildman–Crippen LogP) is 1.85. The van der Waals surface area contributed by atoms with E-state index in [1.54, 1.807) is 7.11 Å². The predicted molar refractivity (Wildman–Crippen MR) is 72.2 cm³/mol. The molecule has 1 fully saturated rings. The van der Waals surface area contributed by atoms with E-state index < -0.39 is 0 Å². The van der Waals surface area contributed by atoms with Crippen LogP contribution in [0.1, 0.15) is 39.5 Å². The second kappa shape index (κ2) is 7.54. The number of aliphatic imine (C=N–C) groups is 1. The minimum absolute atomic E-state index is 0.451. The Morgan fingerprint density at radius 1 is 1.41 bits per heavy atom. The Morgan fingerprint density at radius 3 is 2.59 bits per heavy atom. The first-order valence-electron chi connectivity index (χ1n) is 6.70. The van der Waals surface area contributed by atoms with E-state index in [1.165, 1.54) is 25.7 Å². The van der Waals surface area contributed by atoms with Gasteiger partial charge in [0.2, 0.25) is 0 Å². The molecular weight excluding hydrogens is 214 g/mol. The first-order chi connectivity index (χ1) is 8.13. The van der Waals surface area contributed by atoms with Gasteiger partial charge in [0, 0.05) is 20.2 Å². The Bertz CT molecular complexity index is 235. The van der Waals surface area contributed by atoms with Crippen molar-refractivity contribution in [2.75, 3.05) is 26.8 Å². The molecule has 0 bridgehead atoms. The van der Waals surface area contributed by atoms with Crippen molar-refractivity contribution in [3.63, 3.8) is 0 Å². The molecule has 4 heteroatoms. The third-order valence-corrected chi connectivity index (χ3v) is 3.11. The smallest absolute Gasteiger partial charge is 0.191 e. The molecule has 0 saturated heterocycles. The molecule has 0 aliphatic heterocycles. The van der Waals surface area contributed by atoms with Crippen molar-refractivity contribution >= 4 is 5.96 Å². The molecule has 2 N–H and O–H groups in total. The summed E-state index contributed by atoms with van der Waals surface area (Å²) in [4.78, 5) is 6.79. The molecule has 0 aromatic carbocycles. The van der Waals surface area contributed by atoms with Crippen LogP contribution in [-0.4, -0.2) is 43.7 Å². The molecule has 0 amide bonds. The average molecular weight is 241 g/mol. The zero-order valence-electron chi connectivity index (χ0n) is 11.5. The highest BCUT2D eigenvalue weighted by Gasteiger charge is 2.16. The Morgan fingerprint density at radius 2 is 2.06 bits per heavy atom. The molecule has 0 radical (unpaired) electrons. The van der Waals surface area contributed by atoms with Crippen LogP contribution in [0, 0.1) is 5.92 Å². The number of guanidine groups is 1. The maximum atomic E-state index is 6.11. The van der Waals surface area contributed by atoms with Gasteiger partial charge in [-0.2, -0.15) is 0 Å². The van der Waals surface area contributed by atoms with Gasteiger partial charge in [0.25, 0.3) is 0 Å². The minimum atomic E-state index is 0.451. The third kappa shape index (κ3) is 5.39. The zero-order chi connectivity index (χ0) is 12.7. The first kappa shape index (κ1) is 14.3. The van der Waals surface area contributed by atoms with Gasteiger partial charge >= 0.3 is 0 Å². The van der Waals surface area contributed by atoms with Crippen LogP contribution in [-0.2, 0) is 4.74 Å². The van der Waals surface area contributed by atoms with Crippen LogP contribution in [0.4, 0.5) is 0 Å². The number of nitrogens with two attached hydrogens (primary N) is 1. The van der Waals surface area contributed by atoms with Crippen molar-refractivity contribution in [2.45, 2.75) is 45.6 Å². The SMILES string of the molecule is COCCN(CC(C)C)C(N)=NC1CCCC1. The van der Waals surface area contributed by atoms with Gasteiger partial charge in [-0.25, -0.2) is 4.99 Å². The fourth-order valence-corrected chi connectivity index (χ4v) is 2.24. The highest BCUT2D eigenvalue weighted by atomic mass is 16.5. The van der Waals surface area contributed by atoms with Crippen LogP contribution in [0.25, 0.3) is 0 Å². The molecular formula is C13H27N3O. The van der Waals surface area contributed by atoms with Gasteiger partial charge < -0.3 is 15.4 Å². The van der Waals surface area contributed by atoms with E-state index >= 15 is 0 Å². The van der Waals surface area contributed by atoms with Gasteiger partial charge in [0.1, 0.15) is 0 Å². The summed E-state index contributed by atoms with van der Waals surface area (Å²) in [5, 5.41) is 0. The van der Waals surface area contributed by atoms with Crippen LogP contribution < -0.4 is 5.73 Å². The Labute approximate surface area is 105 Å².